The Morgan fingerprint density at radius 2 is 1.64 bits per heavy atom. The van der Waals surface area contributed by atoms with Gasteiger partial charge in [0.2, 0.25) is 0 Å². The van der Waals surface area contributed by atoms with E-state index in [1.165, 1.54) is 50.3 Å². The second-order valence-electron chi connectivity index (χ2n) is 5.25. The second-order valence-corrected chi connectivity index (χ2v) is 6.58. The van der Waals surface area contributed by atoms with Gasteiger partial charge in [0.1, 0.15) is 0 Å². The first-order valence-electron chi connectivity index (χ1n) is 7.01. The molecule has 0 aromatic heterocycles. The summed E-state index contributed by atoms with van der Waals surface area (Å²) in [5.74, 6) is 0. The Morgan fingerprint density at radius 1 is 0.909 bits per heavy atom. The van der Waals surface area contributed by atoms with E-state index in [1.54, 1.807) is 5.56 Å². The molecule has 0 amide bonds. The van der Waals surface area contributed by atoms with Crippen LogP contribution in [0.15, 0.2) is 66.3 Å². The van der Waals surface area contributed by atoms with Crippen molar-refractivity contribution >= 4 is 3.27 Å². The summed E-state index contributed by atoms with van der Waals surface area (Å²) >= 11 is 1.52. The van der Waals surface area contributed by atoms with Gasteiger partial charge in [-0.25, -0.2) is 0 Å². The maximum atomic E-state index is 2.24. The van der Waals surface area contributed by atoms with Crippen LogP contribution in [0.5, 0.6) is 0 Å². The van der Waals surface area contributed by atoms with Gasteiger partial charge in [-0.2, -0.15) is 0 Å². The Labute approximate surface area is 160 Å². The van der Waals surface area contributed by atoms with Crippen LogP contribution in [0.1, 0.15) is 24.5 Å². The number of allylic oxidation sites excluding steroid dienone is 4. The van der Waals surface area contributed by atoms with Crippen molar-refractivity contribution in [3.63, 3.8) is 0 Å². The molecule has 0 saturated carbocycles. The minimum absolute atomic E-state index is 0. The molecule has 0 spiro atoms. The third-order valence-electron chi connectivity index (χ3n) is 3.81. The third-order valence-corrected chi connectivity index (χ3v) is 4.96. The van der Waals surface area contributed by atoms with Crippen molar-refractivity contribution in [3.05, 3.63) is 77.4 Å². The van der Waals surface area contributed by atoms with Crippen LogP contribution < -0.4 is 28.1 Å². The number of hydrogen-bond acceptors (Lipinski definition) is 0. The molecule has 2 aliphatic carbocycles. The predicted molar refractivity (Wildman–Crippen MR) is 81.8 cm³/mol. The normalized spacial score (nSPS) is 13.0. The van der Waals surface area contributed by atoms with Gasteiger partial charge >= 0.3 is 99.1 Å². The summed E-state index contributed by atoms with van der Waals surface area (Å²) < 4.78 is 1.51. The fourth-order valence-electron chi connectivity index (χ4n) is 2.73. The molecule has 22 heavy (non-hydrogen) atoms. The number of benzene rings is 2. The van der Waals surface area contributed by atoms with E-state index in [9.17, 15) is 0 Å². The van der Waals surface area contributed by atoms with Crippen LogP contribution in [0.25, 0.3) is 11.1 Å². The Morgan fingerprint density at radius 3 is 2.27 bits per heavy atom. The zero-order chi connectivity index (χ0) is 13.9. The van der Waals surface area contributed by atoms with Gasteiger partial charge in [-0.15, -0.1) is 0 Å². The summed E-state index contributed by atoms with van der Waals surface area (Å²) in [7, 11) is 0. The zero-order valence-electron chi connectivity index (χ0n) is 12.4. The van der Waals surface area contributed by atoms with Crippen molar-refractivity contribution < 1.29 is 49.5 Å². The molecule has 0 unspecified atom stereocenters. The van der Waals surface area contributed by atoms with Gasteiger partial charge in [0.15, 0.2) is 0 Å². The first kappa shape index (κ1) is 19.4. The van der Waals surface area contributed by atoms with Crippen molar-refractivity contribution in [2.24, 2.45) is 0 Å². The average molecular weight is 407 g/mol. The van der Waals surface area contributed by atoms with Gasteiger partial charge in [0.25, 0.3) is 0 Å². The van der Waals surface area contributed by atoms with Gasteiger partial charge in [0, 0.05) is 0 Å². The van der Waals surface area contributed by atoms with Crippen LogP contribution in [-0.2, 0) is 31.1 Å². The molecule has 2 aromatic carbocycles. The van der Waals surface area contributed by atoms with E-state index in [4.69, 9.17) is 0 Å². The molecule has 3 heteroatoms. The van der Waals surface area contributed by atoms with Gasteiger partial charge in [-0.3, -0.25) is 0 Å². The molecule has 4 rings (SSSR count). The molecule has 0 heterocycles. The number of fused-ring (bicyclic) bond motifs is 3. The molecule has 2 aromatic rings. The minimum atomic E-state index is 0. The molecule has 111 valence electrons. The molecule has 0 aliphatic heterocycles. The summed E-state index contributed by atoms with van der Waals surface area (Å²) in [5, 5.41) is 0. The molecule has 0 N–H and O–H groups in total. The van der Waals surface area contributed by atoms with Crippen molar-refractivity contribution in [1.82, 2.24) is 0 Å². The van der Waals surface area contributed by atoms with Crippen molar-refractivity contribution in [2.75, 3.05) is 0 Å². The fraction of sp³-hybridized carbons (Fsp3) is 0.158. The summed E-state index contributed by atoms with van der Waals surface area (Å²) in [6.07, 6.45) is 8.79. The summed E-state index contributed by atoms with van der Waals surface area (Å²) in [6, 6.07) is 15.4. The fourth-order valence-corrected chi connectivity index (χ4v) is 3.52. The number of rotatable bonds is 0. The molecular formula is C19H17Cl2Zr. The standard InChI is InChI=1S/C13H9.C6H8.2ClH.Zr/c1-3-7-12-10(5-1)9-11-6-2-4-8-13(11)12;1-6-4-2-3-5-6;;;/h1-5,7-8H,9H2;2,4-5H,3H2,1H3;2*1H;/q;;;;+2/p-2. The molecule has 0 atom stereocenters. The maximum absolute atomic E-state index is 2.24. The van der Waals surface area contributed by atoms with E-state index >= 15 is 0 Å². The van der Waals surface area contributed by atoms with Crippen molar-refractivity contribution in [3.8, 4) is 11.1 Å². The Balaban J connectivity index is 0.000000261. The molecule has 0 fully saturated rings. The predicted octanol–water partition coefficient (Wildman–Crippen LogP) is -1.67. The van der Waals surface area contributed by atoms with Gasteiger partial charge in [-0.05, 0) is 13.3 Å². The van der Waals surface area contributed by atoms with E-state index in [2.05, 4.69) is 67.6 Å². The van der Waals surface area contributed by atoms with E-state index in [0.717, 1.165) is 12.8 Å². The topological polar surface area (TPSA) is 0 Å². The average Bonchev–Trinajstić information content (AvgIpc) is 3.07. The van der Waals surface area contributed by atoms with Crippen LogP contribution in [0.3, 0.4) is 0 Å². The van der Waals surface area contributed by atoms with E-state index in [-0.39, 0.29) is 24.8 Å². The molecule has 0 saturated heterocycles. The summed E-state index contributed by atoms with van der Waals surface area (Å²) in [6.45, 7) is 2.11. The third kappa shape index (κ3) is 4.22. The SMILES string of the molecule is CC1=CCC=C1.[Cl-].[Cl-].[Zr+2][c]1cccc2c1Cc1ccccc1-2. The zero-order valence-corrected chi connectivity index (χ0v) is 16.4. The monoisotopic (exact) mass is 405 g/mol. The van der Waals surface area contributed by atoms with E-state index in [0.29, 0.717) is 0 Å². The van der Waals surface area contributed by atoms with Crippen LogP contribution in [0.2, 0.25) is 0 Å². The molecule has 0 bridgehead atoms. The summed E-state index contributed by atoms with van der Waals surface area (Å²) in [5.41, 5.74) is 7.32. The number of halogens is 2. The van der Waals surface area contributed by atoms with Crippen LogP contribution in [0, 0.1) is 0 Å². The molecule has 0 nitrogen and oxygen atoms in total. The summed E-state index contributed by atoms with van der Waals surface area (Å²) in [4.78, 5) is 0. The van der Waals surface area contributed by atoms with E-state index < -0.39 is 0 Å². The van der Waals surface area contributed by atoms with Gasteiger partial charge in [-0.1, -0.05) is 23.8 Å². The van der Waals surface area contributed by atoms with Gasteiger partial charge < -0.3 is 24.8 Å². The van der Waals surface area contributed by atoms with Crippen LogP contribution in [0.4, 0.5) is 0 Å². The Kier molecular flexibility index (Phi) is 7.83. The van der Waals surface area contributed by atoms with E-state index in [1.807, 2.05) is 0 Å². The van der Waals surface area contributed by atoms with Crippen molar-refractivity contribution in [1.29, 1.82) is 0 Å². The molecule has 2 aliphatic rings. The molecule has 0 radical (unpaired) electrons. The van der Waals surface area contributed by atoms with Crippen LogP contribution >= 0.6 is 0 Å². The van der Waals surface area contributed by atoms with Crippen molar-refractivity contribution in [2.45, 2.75) is 19.8 Å². The Bertz CT molecular complexity index is 700. The first-order valence-corrected chi connectivity index (χ1v) is 8.23. The molecular weight excluding hydrogens is 390 g/mol. The quantitative estimate of drug-likeness (QED) is 0.418. The van der Waals surface area contributed by atoms with Gasteiger partial charge in [0.05, 0.1) is 0 Å². The number of hydrogen-bond donors (Lipinski definition) is 0. The second kappa shape index (κ2) is 8.87. The first-order chi connectivity index (χ1) is 9.75. The Hall–Kier alpha value is -0.617. The van der Waals surface area contributed by atoms with Crippen LogP contribution in [-0.4, -0.2) is 0 Å².